The van der Waals surface area contributed by atoms with E-state index in [2.05, 4.69) is 18.3 Å². The molecule has 3 unspecified atom stereocenters. The maximum absolute atomic E-state index is 3.58. The molecule has 1 nitrogen and oxygen atoms in total. The van der Waals surface area contributed by atoms with Crippen molar-refractivity contribution in [3.8, 4) is 0 Å². The van der Waals surface area contributed by atoms with E-state index in [0.29, 0.717) is 0 Å². The third kappa shape index (κ3) is 0.957. The molecule has 0 radical (unpaired) electrons. The number of fused-ring (bicyclic) bond motifs is 1. The van der Waals surface area contributed by atoms with E-state index in [4.69, 9.17) is 0 Å². The molecule has 1 N–H and O–H groups in total. The molecule has 2 saturated carbocycles. The Labute approximate surface area is 74.2 Å². The van der Waals surface area contributed by atoms with Crippen LogP contribution in [0.1, 0.15) is 26.2 Å². The summed E-state index contributed by atoms with van der Waals surface area (Å²) < 4.78 is 0. The fraction of sp³-hybridized carbons (Fsp3) is 0.818. The van der Waals surface area contributed by atoms with Crippen molar-refractivity contribution in [2.75, 3.05) is 6.54 Å². The normalized spacial score (nSPS) is 46.1. The first-order valence-electron chi connectivity index (χ1n) is 5.26. The van der Waals surface area contributed by atoms with Crippen molar-refractivity contribution in [3.63, 3.8) is 0 Å². The molecular weight excluding hydrogens is 146 g/mol. The summed E-state index contributed by atoms with van der Waals surface area (Å²) >= 11 is 0. The van der Waals surface area contributed by atoms with Gasteiger partial charge in [0.2, 0.25) is 0 Å². The van der Waals surface area contributed by atoms with E-state index in [0.717, 1.165) is 23.8 Å². The summed E-state index contributed by atoms with van der Waals surface area (Å²) in [5.74, 6) is 2.88. The van der Waals surface area contributed by atoms with Gasteiger partial charge in [0, 0.05) is 6.04 Å². The van der Waals surface area contributed by atoms with Crippen LogP contribution in [0.4, 0.5) is 0 Å². The second-order valence-electron chi connectivity index (χ2n) is 4.78. The SMILES string of the molecule is C/C(=C/C1CC1)C1C2CNC1C2. The van der Waals surface area contributed by atoms with Gasteiger partial charge in [0.15, 0.2) is 0 Å². The lowest BCUT2D eigenvalue weighted by Crippen LogP contribution is -2.37. The standard InChI is InChI=1S/C11H17N/c1-7(4-8-2-3-8)11-9-5-10(11)12-6-9/h4,8-12H,2-3,5-6H2,1H3/b7-4-. The van der Waals surface area contributed by atoms with Gasteiger partial charge in [0.05, 0.1) is 0 Å². The van der Waals surface area contributed by atoms with Crippen molar-refractivity contribution in [3.05, 3.63) is 11.6 Å². The molecule has 2 bridgehead atoms. The van der Waals surface area contributed by atoms with Gasteiger partial charge in [0.25, 0.3) is 0 Å². The third-order valence-corrected chi connectivity index (χ3v) is 3.79. The van der Waals surface area contributed by atoms with Gasteiger partial charge < -0.3 is 5.32 Å². The molecule has 4 rings (SSSR count). The molecule has 2 heterocycles. The van der Waals surface area contributed by atoms with Crippen LogP contribution >= 0.6 is 0 Å². The lowest BCUT2D eigenvalue weighted by Gasteiger charge is -2.35. The highest BCUT2D eigenvalue weighted by molar-refractivity contribution is 5.20. The molecular formula is C11H17N. The second-order valence-corrected chi connectivity index (χ2v) is 4.78. The predicted octanol–water partition coefficient (Wildman–Crippen LogP) is 1.95. The molecule has 0 aromatic rings. The Balaban J connectivity index is 1.72. The second kappa shape index (κ2) is 2.35. The van der Waals surface area contributed by atoms with Crippen LogP contribution in [0.25, 0.3) is 0 Å². The number of allylic oxidation sites excluding steroid dienone is 1. The highest BCUT2D eigenvalue weighted by Gasteiger charge is 2.47. The molecule has 4 aliphatic rings. The molecule has 0 aromatic carbocycles. The van der Waals surface area contributed by atoms with E-state index in [1.54, 1.807) is 5.57 Å². The van der Waals surface area contributed by atoms with Crippen molar-refractivity contribution in [2.24, 2.45) is 17.8 Å². The molecule has 0 aromatic heterocycles. The zero-order valence-electron chi connectivity index (χ0n) is 7.72. The smallest absolute Gasteiger partial charge is 0.0139 e. The topological polar surface area (TPSA) is 12.0 Å². The first kappa shape index (κ1) is 7.14. The van der Waals surface area contributed by atoms with E-state index in [1.165, 1.54) is 25.8 Å². The summed E-state index contributed by atoms with van der Waals surface area (Å²) in [4.78, 5) is 0. The van der Waals surface area contributed by atoms with Crippen LogP contribution in [0.15, 0.2) is 11.6 Å². The van der Waals surface area contributed by atoms with Gasteiger partial charge in [0.1, 0.15) is 0 Å². The zero-order chi connectivity index (χ0) is 8.13. The molecule has 0 amide bonds. The summed E-state index contributed by atoms with van der Waals surface area (Å²) in [7, 11) is 0. The lowest BCUT2D eigenvalue weighted by molar-refractivity contribution is 0.257. The maximum Gasteiger partial charge on any atom is 0.0139 e. The van der Waals surface area contributed by atoms with E-state index < -0.39 is 0 Å². The Kier molecular flexibility index (Phi) is 1.40. The maximum atomic E-state index is 3.58. The van der Waals surface area contributed by atoms with Crippen molar-refractivity contribution >= 4 is 0 Å². The van der Waals surface area contributed by atoms with Gasteiger partial charge in [-0.05, 0) is 50.5 Å². The lowest BCUT2D eigenvalue weighted by atomic mass is 9.70. The Morgan fingerprint density at radius 3 is 2.75 bits per heavy atom. The van der Waals surface area contributed by atoms with Crippen LogP contribution in [0, 0.1) is 17.8 Å². The summed E-state index contributed by atoms with van der Waals surface area (Å²) in [5.41, 5.74) is 1.68. The Bertz CT molecular complexity index is 213. The Morgan fingerprint density at radius 2 is 2.25 bits per heavy atom. The van der Waals surface area contributed by atoms with Gasteiger partial charge in [-0.3, -0.25) is 0 Å². The van der Waals surface area contributed by atoms with E-state index in [9.17, 15) is 0 Å². The van der Waals surface area contributed by atoms with Crippen LogP contribution in [0.3, 0.4) is 0 Å². The first-order valence-corrected chi connectivity index (χ1v) is 5.26. The minimum absolute atomic E-state index is 0.852. The highest BCUT2D eigenvalue weighted by Crippen LogP contribution is 2.45. The molecule has 3 atom stereocenters. The molecule has 1 heteroatoms. The van der Waals surface area contributed by atoms with Crippen molar-refractivity contribution in [1.82, 2.24) is 5.32 Å². The van der Waals surface area contributed by atoms with Crippen molar-refractivity contribution in [2.45, 2.75) is 32.2 Å². The van der Waals surface area contributed by atoms with E-state index in [-0.39, 0.29) is 0 Å². The third-order valence-electron chi connectivity index (χ3n) is 3.79. The number of hydrogen-bond acceptors (Lipinski definition) is 1. The molecule has 0 spiro atoms. The fourth-order valence-corrected chi connectivity index (χ4v) is 2.91. The van der Waals surface area contributed by atoms with Crippen LogP contribution in [-0.4, -0.2) is 12.6 Å². The molecule has 2 aliphatic carbocycles. The molecule has 4 fully saturated rings. The van der Waals surface area contributed by atoms with E-state index >= 15 is 0 Å². The Morgan fingerprint density at radius 1 is 1.42 bits per heavy atom. The molecule has 12 heavy (non-hydrogen) atoms. The minimum atomic E-state index is 0.852. The molecule has 66 valence electrons. The van der Waals surface area contributed by atoms with Crippen LogP contribution in [0.5, 0.6) is 0 Å². The van der Waals surface area contributed by atoms with Gasteiger partial charge in [-0.2, -0.15) is 0 Å². The summed E-state index contributed by atoms with van der Waals surface area (Å²) in [6, 6.07) is 0.852. The van der Waals surface area contributed by atoms with Crippen LogP contribution < -0.4 is 5.32 Å². The number of hydrogen-bond donors (Lipinski definition) is 1. The largest absolute Gasteiger partial charge is 0.313 e. The highest BCUT2D eigenvalue weighted by atomic mass is 15.0. The number of rotatable bonds is 2. The average molecular weight is 163 g/mol. The minimum Gasteiger partial charge on any atom is -0.313 e. The summed E-state index contributed by atoms with van der Waals surface area (Å²) in [6.07, 6.45) is 6.89. The Hall–Kier alpha value is -0.300. The quantitative estimate of drug-likeness (QED) is 0.613. The summed E-state index contributed by atoms with van der Waals surface area (Å²) in [5, 5.41) is 3.58. The van der Waals surface area contributed by atoms with Gasteiger partial charge in [-0.1, -0.05) is 11.6 Å². The fourth-order valence-electron chi connectivity index (χ4n) is 2.91. The van der Waals surface area contributed by atoms with Crippen molar-refractivity contribution < 1.29 is 0 Å². The summed E-state index contributed by atoms with van der Waals surface area (Å²) in [6.45, 7) is 3.63. The molecule has 2 saturated heterocycles. The zero-order valence-corrected chi connectivity index (χ0v) is 7.72. The van der Waals surface area contributed by atoms with Gasteiger partial charge >= 0.3 is 0 Å². The van der Waals surface area contributed by atoms with Gasteiger partial charge in [-0.15, -0.1) is 0 Å². The monoisotopic (exact) mass is 163 g/mol. The predicted molar refractivity (Wildman–Crippen MR) is 49.9 cm³/mol. The van der Waals surface area contributed by atoms with Crippen LogP contribution in [-0.2, 0) is 0 Å². The van der Waals surface area contributed by atoms with Gasteiger partial charge in [-0.25, -0.2) is 0 Å². The molecule has 2 aliphatic heterocycles. The first-order chi connectivity index (χ1) is 5.84. The average Bonchev–Trinajstić information content (AvgIpc) is 2.59. The number of nitrogens with one attached hydrogen (secondary N) is 1. The van der Waals surface area contributed by atoms with E-state index in [1.807, 2.05) is 0 Å². The van der Waals surface area contributed by atoms with Crippen molar-refractivity contribution in [1.29, 1.82) is 0 Å². The van der Waals surface area contributed by atoms with Crippen LogP contribution in [0.2, 0.25) is 0 Å².